The molecule has 3 fully saturated rings. The van der Waals surface area contributed by atoms with Gasteiger partial charge in [-0.15, -0.1) is 0 Å². The summed E-state index contributed by atoms with van der Waals surface area (Å²) in [6, 6.07) is 7.38. The van der Waals surface area contributed by atoms with Gasteiger partial charge >= 0.3 is 6.15 Å². The van der Waals surface area contributed by atoms with E-state index in [1.807, 2.05) is 25.1 Å². The molecule has 3 aromatic heterocycles. The molecule has 41 heavy (non-hydrogen) atoms. The van der Waals surface area contributed by atoms with E-state index in [0.717, 1.165) is 44.2 Å². The molecule has 6 heterocycles. The molecule has 12 heteroatoms. The second kappa shape index (κ2) is 12.3. The van der Waals surface area contributed by atoms with Crippen molar-refractivity contribution in [2.24, 2.45) is 0 Å². The Labute approximate surface area is 236 Å². The van der Waals surface area contributed by atoms with Crippen molar-refractivity contribution < 1.29 is 33.0 Å². The summed E-state index contributed by atoms with van der Waals surface area (Å²) in [5.41, 5.74) is 2.28. The molecule has 0 radical (unpaired) electrons. The van der Waals surface area contributed by atoms with Crippen molar-refractivity contribution in [3.8, 4) is 11.6 Å². The Morgan fingerprint density at radius 3 is 2.68 bits per heavy atom. The van der Waals surface area contributed by atoms with Gasteiger partial charge < -0.3 is 24.8 Å². The number of halogens is 1. The molecule has 2 saturated heterocycles. The van der Waals surface area contributed by atoms with Crippen LogP contribution in [0.2, 0.25) is 0 Å². The van der Waals surface area contributed by atoms with Gasteiger partial charge in [0.2, 0.25) is 5.88 Å². The highest BCUT2D eigenvalue weighted by Crippen LogP contribution is 2.46. The third kappa shape index (κ3) is 6.35. The Morgan fingerprint density at radius 2 is 1.95 bits per heavy atom. The summed E-state index contributed by atoms with van der Waals surface area (Å²) in [7, 11) is 0. The van der Waals surface area contributed by atoms with E-state index in [2.05, 4.69) is 25.6 Å². The van der Waals surface area contributed by atoms with Crippen molar-refractivity contribution in [3.05, 3.63) is 47.5 Å². The van der Waals surface area contributed by atoms with Crippen LogP contribution < -0.4 is 20.1 Å². The average Bonchev–Trinajstić information content (AvgIpc) is 2.99. The molecular weight excluding hydrogens is 533 g/mol. The minimum absolute atomic E-state index is 0.0173. The van der Waals surface area contributed by atoms with Crippen molar-refractivity contribution >= 4 is 28.9 Å². The molecule has 0 spiro atoms. The molecule has 2 bridgehead atoms. The van der Waals surface area contributed by atoms with E-state index in [-0.39, 0.29) is 35.6 Å². The van der Waals surface area contributed by atoms with Gasteiger partial charge in [-0.3, -0.25) is 9.78 Å². The molecule has 0 aromatic carbocycles. The van der Waals surface area contributed by atoms with Crippen LogP contribution in [0.4, 0.5) is 10.2 Å². The summed E-state index contributed by atoms with van der Waals surface area (Å²) in [5, 5.41) is 6.43. The standard InChI is InChI=1S/C28H32FN5O4.CO2/c1-2-13-36-24-6-4-21-25(34-24)19(20(29)15-30-21)7-8-28-11-9-27(10-12-28,17-38-28)31-14-18-3-5-22-26(32-18)33-23(35)16-37-22;2-1-3/h3-6,15,31H,2,7-14,16-17H2,1H3,(H,32,33,35);. The van der Waals surface area contributed by atoms with Crippen molar-refractivity contribution in [2.45, 2.75) is 69.6 Å². The van der Waals surface area contributed by atoms with E-state index in [9.17, 15) is 9.18 Å². The Hall–Kier alpha value is -3.99. The predicted molar refractivity (Wildman–Crippen MR) is 144 cm³/mol. The van der Waals surface area contributed by atoms with Crippen LogP contribution in [0.15, 0.2) is 30.5 Å². The molecule has 0 unspecified atom stereocenters. The first kappa shape index (κ1) is 28.5. The number of carbonyl (C=O) groups is 1. The molecule has 216 valence electrons. The van der Waals surface area contributed by atoms with Crippen LogP contribution in [-0.4, -0.2) is 58.0 Å². The molecular formula is C29H32FN5O6. The van der Waals surface area contributed by atoms with Gasteiger partial charge in [-0.1, -0.05) is 6.92 Å². The molecule has 11 nitrogen and oxygen atoms in total. The van der Waals surface area contributed by atoms with E-state index in [0.29, 0.717) is 60.2 Å². The number of carbonyl (C=O) groups excluding carboxylic acids is 3. The summed E-state index contributed by atoms with van der Waals surface area (Å²) >= 11 is 0. The first-order chi connectivity index (χ1) is 19.9. The number of anilines is 1. The van der Waals surface area contributed by atoms with E-state index in [1.165, 1.54) is 6.20 Å². The summed E-state index contributed by atoms with van der Waals surface area (Å²) in [6.07, 6.45) is 7.44. The number of hydrogen-bond donors (Lipinski definition) is 2. The van der Waals surface area contributed by atoms with Gasteiger partial charge in [0, 0.05) is 23.7 Å². The van der Waals surface area contributed by atoms with Gasteiger partial charge in [0.1, 0.15) is 5.82 Å². The van der Waals surface area contributed by atoms with Gasteiger partial charge in [-0.2, -0.15) is 9.59 Å². The van der Waals surface area contributed by atoms with Gasteiger partial charge in [0.15, 0.2) is 18.2 Å². The van der Waals surface area contributed by atoms with E-state index < -0.39 is 0 Å². The minimum Gasteiger partial charge on any atom is -0.480 e. The average molecular weight is 566 g/mol. The molecule has 3 aromatic rings. The van der Waals surface area contributed by atoms with E-state index in [1.54, 1.807) is 6.07 Å². The lowest BCUT2D eigenvalue weighted by molar-refractivity contribution is -0.191. The maximum atomic E-state index is 14.9. The molecule has 1 aliphatic carbocycles. The normalized spacial score (nSPS) is 22.5. The summed E-state index contributed by atoms with van der Waals surface area (Å²) in [5.74, 6) is 1.02. The second-order valence-corrected chi connectivity index (χ2v) is 10.6. The van der Waals surface area contributed by atoms with Crippen molar-refractivity contribution in [2.75, 3.05) is 25.1 Å². The van der Waals surface area contributed by atoms with Crippen molar-refractivity contribution in [1.29, 1.82) is 0 Å². The Bertz CT molecular complexity index is 1440. The zero-order chi connectivity index (χ0) is 28.9. The zero-order valence-electron chi connectivity index (χ0n) is 22.8. The summed E-state index contributed by atoms with van der Waals surface area (Å²) in [4.78, 5) is 41.2. The maximum absolute atomic E-state index is 14.9. The molecule has 1 amide bonds. The van der Waals surface area contributed by atoms with E-state index >= 15 is 0 Å². The molecule has 4 aliphatic rings. The Balaban J connectivity index is 0.00000108. The predicted octanol–water partition coefficient (Wildman–Crippen LogP) is 3.50. The van der Waals surface area contributed by atoms with Gasteiger partial charge in [-0.05, 0) is 63.1 Å². The largest absolute Gasteiger partial charge is 0.480 e. The van der Waals surface area contributed by atoms with Crippen LogP contribution in [-0.2, 0) is 32.1 Å². The highest BCUT2D eigenvalue weighted by molar-refractivity contribution is 5.94. The van der Waals surface area contributed by atoms with Gasteiger partial charge in [0.05, 0.1) is 41.7 Å². The number of aromatic nitrogens is 3. The Morgan fingerprint density at radius 1 is 1.15 bits per heavy atom. The lowest BCUT2D eigenvalue weighted by Crippen LogP contribution is -2.61. The molecule has 3 aliphatic heterocycles. The number of fused-ring (bicyclic) bond motifs is 5. The van der Waals surface area contributed by atoms with Crippen LogP contribution >= 0.6 is 0 Å². The highest BCUT2D eigenvalue weighted by Gasteiger charge is 2.49. The van der Waals surface area contributed by atoms with Crippen molar-refractivity contribution in [3.63, 3.8) is 0 Å². The third-order valence-corrected chi connectivity index (χ3v) is 7.97. The monoisotopic (exact) mass is 565 g/mol. The minimum atomic E-state index is -0.337. The van der Waals surface area contributed by atoms with Crippen LogP contribution in [0.3, 0.4) is 0 Å². The number of rotatable bonds is 9. The van der Waals surface area contributed by atoms with Crippen molar-refractivity contribution in [1.82, 2.24) is 20.3 Å². The number of aryl methyl sites for hydroxylation is 1. The highest BCUT2D eigenvalue weighted by atomic mass is 19.1. The first-order valence-corrected chi connectivity index (χ1v) is 13.8. The van der Waals surface area contributed by atoms with Crippen LogP contribution in [0.5, 0.6) is 11.6 Å². The molecule has 7 rings (SSSR count). The Kier molecular flexibility index (Phi) is 8.53. The molecule has 2 N–H and O–H groups in total. The maximum Gasteiger partial charge on any atom is 0.373 e. The number of hydrogen-bond acceptors (Lipinski definition) is 10. The van der Waals surface area contributed by atoms with Crippen LogP contribution in [0.25, 0.3) is 11.0 Å². The first-order valence-electron chi connectivity index (χ1n) is 13.8. The number of pyridine rings is 3. The zero-order valence-corrected chi connectivity index (χ0v) is 22.8. The smallest absolute Gasteiger partial charge is 0.373 e. The fourth-order valence-electron chi connectivity index (χ4n) is 5.65. The SMILES string of the molecule is CCCOc1ccc2ncc(F)c(CCC34CCC(NCc5ccc6c(n5)NC(=O)CO6)(CC3)CO4)c2n1.O=C=O. The summed E-state index contributed by atoms with van der Waals surface area (Å²) < 4.78 is 32.5. The van der Waals surface area contributed by atoms with Gasteiger partial charge in [-0.25, -0.2) is 14.4 Å². The van der Waals surface area contributed by atoms with Crippen LogP contribution in [0.1, 0.15) is 56.7 Å². The number of ether oxygens (including phenoxy) is 3. The summed E-state index contributed by atoms with van der Waals surface area (Å²) in [6.45, 7) is 3.79. The number of amides is 1. The third-order valence-electron chi connectivity index (χ3n) is 7.97. The molecule has 0 atom stereocenters. The fraction of sp³-hybridized carbons (Fsp3) is 0.483. The van der Waals surface area contributed by atoms with Gasteiger partial charge in [0.25, 0.3) is 5.91 Å². The van der Waals surface area contributed by atoms with E-state index in [4.69, 9.17) is 23.8 Å². The second-order valence-electron chi connectivity index (χ2n) is 10.6. The lowest BCUT2D eigenvalue weighted by Gasteiger charge is -2.53. The topological polar surface area (TPSA) is 142 Å². The lowest BCUT2D eigenvalue weighted by atomic mass is 9.69. The van der Waals surface area contributed by atoms with Crippen LogP contribution in [0, 0.1) is 5.82 Å². The quantitative estimate of drug-likeness (QED) is 0.396. The number of nitrogens with zero attached hydrogens (tertiary/aromatic N) is 3. The molecule has 1 saturated carbocycles. The fourth-order valence-corrected chi connectivity index (χ4v) is 5.65. The number of nitrogens with one attached hydrogen (secondary N) is 2.